The van der Waals surface area contributed by atoms with Crippen molar-refractivity contribution in [1.82, 2.24) is 9.38 Å². The van der Waals surface area contributed by atoms with Gasteiger partial charge in [0.15, 0.2) is 29.0 Å². The van der Waals surface area contributed by atoms with E-state index >= 15 is 0 Å². The molecule has 0 spiro atoms. The van der Waals surface area contributed by atoms with Gasteiger partial charge in [-0.15, -0.1) is 0 Å². The van der Waals surface area contributed by atoms with Crippen molar-refractivity contribution in [2.75, 3.05) is 18.5 Å². The first-order valence-corrected chi connectivity index (χ1v) is 9.33. The van der Waals surface area contributed by atoms with Gasteiger partial charge in [0.1, 0.15) is 18.9 Å². The lowest BCUT2D eigenvalue weighted by molar-refractivity contribution is 0.102. The number of amides is 1. The van der Waals surface area contributed by atoms with E-state index < -0.39 is 28.9 Å². The summed E-state index contributed by atoms with van der Waals surface area (Å²) in [6, 6.07) is 10.3. The van der Waals surface area contributed by atoms with Gasteiger partial charge in [-0.25, -0.2) is 18.2 Å². The summed E-state index contributed by atoms with van der Waals surface area (Å²) in [5.41, 5.74) is 1.84. The summed E-state index contributed by atoms with van der Waals surface area (Å²) in [5.74, 6) is -4.18. The highest BCUT2D eigenvalue weighted by Gasteiger charge is 2.19. The monoisotopic (exact) mass is 425 g/mol. The molecule has 0 saturated carbocycles. The van der Waals surface area contributed by atoms with Crippen molar-refractivity contribution >= 4 is 17.2 Å². The smallest absolute Gasteiger partial charge is 0.258 e. The summed E-state index contributed by atoms with van der Waals surface area (Å²) in [4.78, 5) is 16.9. The van der Waals surface area contributed by atoms with Gasteiger partial charge in [-0.05, 0) is 42.5 Å². The highest BCUT2D eigenvalue weighted by molar-refractivity contribution is 6.04. The lowest BCUT2D eigenvalue weighted by Crippen LogP contribution is -2.15. The fraction of sp³-hybridized carbons (Fsp3) is 0.0909. The zero-order valence-electron chi connectivity index (χ0n) is 15.9. The molecule has 0 aliphatic carbocycles. The molecule has 5 rings (SSSR count). The molecule has 6 nitrogen and oxygen atoms in total. The van der Waals surface area contributed by atoms with Crippen LogP contribution in [0.2, 0.25) is 0 Å². The average molecular weight is 425 g/mol. The molecule has 1 N–H and O–H groups in total. The number of benzene rings is 2. The van der Waals surface area contributed by atoms with Crippen molar-refractivity contribution in [3.63, 3.8) is 0 Å². The van der Waals surface area contributed by atoms with Gasteiger partial charge in [-0.1, -0.05) is 0 Å². The molecule has 1 aliphatic rings. The van der Waals surface area contributed by atoms with Crippen LogP contribution in [0, 0.1) is 17.5 Å². The molecule has 0 fully saturated rings. The normalized spacial score (nSPS) is 12.7. The molecule has 4 aromatic rings. The Morgan fingerprint density at radius 3 is 2.58 bits per heavy atom. The Labute approximate surface area is 173 Å². The third kappa shape index (κ3) is 3.43. The Morgan fingerprint density at radius 1 is 0.935 bits per heavy atom. The lowest BCUT2D eigenvalue weighted by Gasteiger charge is -2.18. The Bertz CT molecular complexity index is 1340. The van der Waals surface area contributed by atoms with Crippen molar-refractivity contribution in [3.05, 3.63) is 77.9 Å². The van der Waals surface area contributed by atoms with Crippen LogP contribution in [-0.2, 0) is 0 Å². The number of imidazole rings is 1. The van der Waals surface area contributed by atoms with Crippen LogP contribution in [-0.4, -0.2) is 28.5 Å². The summed E-state index contributed by atoms with van der Waals surface area (Å²) < 4.78 is 53.2. The molecular formula is C22H14F3N3O3. The summed E-state index contributed by atoms with van der Waals surface area (Å²) in [6.07, 6.45) is 3.34. The van der Waals surface area contributed by atoms with Crippen molar-refractivity contribution in [2.45, 2.75) is 0 Å². The molecule has 9 heteroatoms. The van der Waals surface area contributed by atoms with Gasteiger partial charge in [0.05, 0.1) is 16.9 Å². The predicted molar refractivity (Wildman–Crippen MR) is 106 cm³/mol. The Morgan fingerprint density at radius 2 is 1.74 bits per heavy atom. The highest BCUT2D eigenvalue weighted by atomic mass is 19.2. The van der Waals surface area contributed by atoms with Crippen LogP contribution in [0.4, 0.5) is 18.9 Å². The van der Waals surface area contributed by atoms with Gasteiger partial charge < -0.3 is 19.2 Å². The maximum absolute atomic E-state index is 13.9. The maximum atomic E-state index is 13.9. The fourth-order valence-corrected chi connectivity index (χ4v) is 3.31. The van der Waals surface area contributed by atoms with Crippen molar-refractivity contribution in [2.24, 2.45) is 0 Å². The van der Waals surface area contributed by atoms with E-state index in [1.807, 2.05) is 18.2 Å². The van der Waals surface area contributed by atoms with Crippen molar-refractivity contribution in [1.29, 1.82) is 0 Å². The van der Waals surface area contributed by atoms with Crippen LogP contribution >= 0.6 is 0 Å². The third-order valence-corrected chi connectivity index (χ3v) is 4.83. The van der Waals surface area contributed by atoms with Gasteiger partial charge in [0, 0.05) is 18.0 Å². The lowest BCUT2D eigenvalue weighted by atomic mass is 10.1. The fourth-order valence-electron chi connectivity index (χ4n) is 3.31. The molecule has 0 saturated heterocycles. The summed E-state index contributed by atoms with van der Waals surface area (Å²) in [5, 5.41) is 2.47. The van der Waals surface area contributed by atoms with E-state index in [0.717, 1.165) is 11.6 Å². The van der Waals surface area contributed by atoms with Crippen LogP contribution in [0.15, 0.2) is 54.9 Å². The van der Waals surface area contributed by atoms with Gasteiger partial charge in [-0.3, -0.25) is 4.79 Å². The molecule has 0 unspecified atom stereocenters. The number of nitrogens with zero attached hydrogens (tertiary/aromatic N) is 2. The standard InChI is InChI=1S/C22H14F3N3O3/c23-15-4-3-14(20(24)21(15)25)22(29)26-13-2-6-19-27-16(11-28(19)10-13)12-1-5-17-18(9-12)31-8-7-30-17/h1-6,9-11H,7-8H2,(H,26,29). The molecule has 2 aromatic carbocycles. The van der Waals surface area contributed by atoms with E-state index in [0.29, 0.717) is 47.8 Å². The molecular weight excluding hydrogens is 411 g/mol. The number of carbonyl (C=O) groups is 1. The van der Waals surface area contributed by atoms with Crippen LogP contribution in [0.1, 0.15) is 10.4 Å². The number of halogens is 3. The number of rotatable bonds is 3. The first-order valence-electron chi connectivity index (χ1n) is 9.33. The number of hydrogen-bond acceptors (Lipinski definition) is 4. The quantitative estimate of drug-likeness (QED) is 0.493. The Hall–Kier alpha value is -4.01. The molecule has 0 atom stereocenters. The third-order valence-electron chi connectivity index (χ3n) is 4.83. The number of aromatic nitrogens is 2. The van der Waals surface area contributed by atoms with Crippen LogP contribution < -0.4 is 14.8 Å². The minimum Gasteiger partial charge on any atom is -0.486 e. The van der Waals surface area contributed by atoms with E-state index in [-0.39, 0.29) is 0 Å². The molecule has 156 valence electrons. The number of fused-ring (bicyclic) bond motifs is 2. The number of hydrogen-bond donors (Lipinski definition) is 1. The first-order chi connectivity index (χ1) is 15.0. The zero-order chi connectivity index (χ0) is 21.5. The Balaban J connectivity index is 1.42. The van der Waals surface area contributed by atoms with Gasteiger partial charge >= 0.3 is 0 Å². The number of ether oxygens (including phenoxy) is 2. The molecule has 2 aromatic heterocycles. The Kier molecular flexibility index (Phi) is 4.50. The number of nitrogens with one attached hydrogen (secondary N) is 1. The molecule has 1 aliphatic heterocycles. The highest BCUT2D eigenvalue weighted by Crippen LogP contribution is 2.34. The van der Waals surface area contributed by atoms with Crippen molar-refractivity contribution in [3.8, 4) is 22.8 Å². The SMILES string of the molecule is O=C(Nc1ccc2nc(-c3ccc4c(c3)OCCO4)cn2c1)c1ccc(F)c(F)c1F. The summed E-state index contributed by atoms with van der Waals surface area (Å²) >= 11 is 0. The van der Waals surface area contributed by atoms with Gasteiger partial charge in [-0.2, -0.15) is 0 Å². The summed E-state index contributed by atoms with van der Waals surface area (Å²) in [6.45, 7) is 0.979. The maximum Gasteiger partial charge on any atom is 0.258 e. The molecule has 0 bridgehead atoms. The molecule has 31 heavy (non-hydrogen) atoms. The van der Waals surface area contributed by atoms with Crippen molar-refractivity contribution < 1.29 is 27.4 Å². The first kappa shape index (κ1) is 19.0. The molecule has 0 radical (unpaired) electrons. The molecule has 1 amide bonds. The van der Waals surface area contributed by atoms with Crippen LogP contribution in [0.25, 0.3) is 16.9 Å². The second-order valence-electron chi connectivity index (χ2n) is 6.84. The number of carbonyl (C=O) groups excluding carboxylic acids is 1. The number of pyridine rings is 1. The molecule has 3 heterocycles. The van der Waals surface area contributed by atoms with E-state index in [1.165, 1.54) is 0 Å². The van der Waals surface area contributed by atoms with Crippen LogP contribution in [0.3, 0.4) is 0 Å². The van der Waals surface area contributed by atoms with E-state index in [1.54, 1.807) is 28.9 Å². The average Bonchev–Trinajstić information content (AvgIpc) is 3.20. The van der Waals surface area contributed by atoms with E-state index in [4.69, 9.17) is 9.47 Å². The number of anilines is 1. The van der Waals surface area contributed by atoms with E-state index in [2.05, 4.69) is 10.3 Å². The minimum atomic E-state index is -1.69. The largest absolute Gasteiger partial charge is 0.486 e. The van der Waals surface area contributed by atoms with Crippen LogP contribution in [0.5, 0.6) is 11.5 Å². The second-order valence-corrected chi connectivity index (χ2v) is 6.84. The zero-order valence-corrected chi connectivity index (χ0v) is 15.9. The predicted octanol–water partition coefficient (Wildman–Crippen LogP) is 4.44. The topological polar surface area (TPSA) is 64.9 Å². The minimum absolute atomic E-state index is 0.327. The van der Waals surface area contributed by atoms with E-state index in [9.17, 15) is 18.0 Å². The summed E-state index contributed by atoms with van der Waals surface area (Å²) in [7, 11) is 0. The van der Waals surface area contributed by atoms with Gasteiger partial charge in [0.25, 0.3) is 5.91 Å². The second kappa shape index (κ2) is 7.35. The van der Waals surface area contributed by atoms with Gasteiger partial charge in [0.2, 0.25) is 0 Å².